The molecular formula is C12H16N2OS. The maximum absolute atomic E-state index is 11.6. The summed E-state index contributed by atoms with van der Waals surface area (Å²) in [5, 5.41) is 5.98. The second-order valence-electron chi connectivity index (χ2n) is 4.11. The van der Waals surface area contributed by atoms with E-state index < -0.39 is 0 Å². The Morgan fingerprint density at radius 2 is 2.31 bits per heavy atom. The fourth-order valence-corrected chi connectivity index (χ4v) is 2.52. The third-order valence-corrected chi connectivity index (χ3v) is 3.54. The van der Waals surface area contributed by atoms with Gasteiger partial charge in [0.15, 0.2) is 0 Å². The molecule has 0 atom stereocenters. The molecule has 0 aromatic carbocycles. The molecule has 0 bridgehead atoms. The molecule has 86 valence electrons. The van der Waals surface area contributed by atoms with E-state index in [-0.39, 0.29) is 5.91 Å². The zero-order chi connectivity index (χ0) is 11.4. The minimum atomic E-state index is -0.00227. The van der Waals surface area contributed by atoms with Crippen LogP contribution in [0.25, 0.3) is 6.08 Å². The summed E-state index contributed by atoms with van der Waals surface area (Å²) in [6.45, 7) is 1.96. The van der Waals surface area contributed by atoms with E-state index in [0.29, 0.717) is 6.04 Å². The highest BCUT2D eigenvalue weighted by Crippen LogP contribution is 2.17. The van der Waals surface area contributed by atoms with Crippen LogP contribution in [0.15, 0.2) is 11.5 Å². The Bertz CT molecular complexity index is 391. The molecule has 1 fully saturated rings. The molecule has 1 aromatic rings. The zero-order valence-corrected chi connectivity index (χ0v) is 10.2. The van der Waals surface area contributed by atoms with Crippen molar-refractivity contribution in [1.82, 2.24) is 10.3 Å². The van der Waals surface area contributed by atoms with Crippen molar-refractivity contribution in [3.8, 4) is 0 Å². The van der Waals surface area contributed by atoms with E-state index in [2.05, 4.69) is 10.3 Å². The summed E-state index contributed by atoms with van der Waals surface area (Å²) in [6, 6.07) is 0.384. The van der Waals surface area contributed by atoms with Gasteiger partial charge in [0.2, 0.25) is 5.91 Å². The van der Waals surface area contributed by atoms with Crippen molar-refractivity contribution in [3.05, 3.63) is 22.2 Å². The van der Waals surface area contributed by atoms with Crippen LogP contribution in [0.2, 0.25) is 0 Å². The van der Waals surface area contributed by atoms with Gasteiger partial charge in [-0.2, -0.15) is 0 Å². The number of rotatable bonds is 3. The maximum Gasteiger partial charge on any atom is 0.244 e. The monoisotopic (exact) mass is 236 g/mol. The molecule has 0 radical (unpaired) electrons. The largest absolute Gasteiger partial charge is 0.350 e. The fraction of sp³-hybridized carbons (Fsp3) is 0.500. The summed E-state index contributed by atoms with van der Waals surface area (Å²) in [7, 11) is 0. The number of hydrogen-bond acceptors (Lipinski definition) is 3. The Balaban J connectivity index is 1.84. The first-order valence-electron chi connectivity index (χ1n) is 5.65. The van der Waals surface area contributed by atoms with Crippen LogP contribution in [-0.2, 0) is 4.79 Å². The molecule has 1 N–H and O–H groups in total. The Hall–Kier alpha value is -1.16. The Labute approximate surface area is 99.6 Å². The molecule has 1 heterocycles. The number of aromatic nitrogens is 1. The van der Waals surface area contributed by atoms with Crippen LogP contribution in [0.1, 0.15) is 36.4 Å². The van der Waals surface area contributed by atoms with E-state index >= 15 is 0 Å². The molecule has 0 unspecified atom stereocenters. The predicted molar refractivity (Wildman–Crippen MR) is 66.3 cm³/mol. The molecule has 3 nitrogen and oxygen atoms in total. The molecule has 1 aliphatic rings. The van der Waals surface area contributed by atoms with E-state index in [0.717, 1.165) is 23.5 Å². The average molecular weight is 236 g/mol. The Kier molecular flexibility index (Phi) is 3.72. The molecular weight excluding hydrogens is 220 g/mol. The molecule has 0 aliphatic heterocycles. The number of hydrogen-bond donors (Lipinski definition) is 1. The van der Waals surface area contributed by atoms with Crippen molar-refractivity contribution in [1.29, 1.82) is 0 Å². The third kappa shape index (κ3) is 3.17. The average Bonchev–Trinajstić information content (AvgIpc) is 2.87. The van der Waals surface area contributed by atoms with E-state index in [1.807, 2.05) is 12.3 Å². The molecule has 0 saturated heterocycles. The fourth-order valence-electron chi connectivity index (χ4n) is 1.94. The van der Waals surface area contributed by atoms with Crippen LogP contribution < -0.4 is 5.32 Å². The molecule has 0 spiro atoms. The van der Waals surface area contributed by atoms with E-state index in [1.54, 1.807) is 23.5 Å². The van der Waals surface area contributed by atoms with Gasteiger partial charge in [0, 0.05) is 17.5 Å². The molecule has 4 heteroatoms. The molecule has 2 rings (SSSR count). The highest BCUT2D eigenvalue weighted by Gasteiger charge is 2.15. The summed E-state index contributed by atoms with van der Waals surface area (Å²) < 4.78 is 0. The van der Waals surface area contributed by atoms with Gasteiger partial charge < -0.3 is 5.32 Å². The van der Waals surface area contributed by atoms with Crippen LogP contribution in [0.4, 0.5) is 0 Å². The second kappa shape index (κ2) is 5.25. The van der Waals surface area contributed by atoms with Crippen molar-refractivity contribution in [2.75, 3.05) is 0 Å². The van der Waals surface area contributed by atoms with Gasteiger partial charge >= 0.3 is 0 Å². The quantitative estimate of drug-likeness (QED) is 0.819. The van der Waals surface area contributed by atoms with Crippen LogP contribution in [0, 0.1) is 6.92 Å². The topological polar surface area (TPSA) is 42.0 Å². The van der Waals surface area contributed by atoms with E-state index in [9.17, 15) is 4.79 Å². The van der Waals surface area contributed by atoms with Gasteiger partial charge in [-0.3, -0.25) is 4.79 Å². The van der Waals surface area contributed by atoms with Gasteiger partial charge in [0.1, 0.15) is 0 Å². The number of nitrogens with one attached hydrogen (secondary N) is 1. The summed E-state index contributed by atoms with van der Waals surface area (Å²) in [5.41, 5.74) is 0.865. The molecule has 16 heavy (non-hydrogen) atoms. The first-order chi connectivity index (χ1) is 7.74. The maximum atomic E-state index is 11.6. The van der Waals surface area contributed by atoms with Crippen molar-refractivity contribution in [3.63, 3.8) is 0 Å². The van der Waals surface area contributed by atoms with Gasteiger partial charge in [-0.1, -0.05) is 12.8 Å². The number of nitrogens with zero attached hydrogens (tertiary/aromatic N) is 1. The van der Waals surface area contributed by atoms with Crippen LogP contribution in [0.3, 0.4) is 0 Å². The predicted octanol–water partition coefficient (Wildman–Crippen LogP) is 2.52. The molecule has 1 amide bonds. The summed E-state index contributed by atoms with van der Waals surface area (Å²) in [6.07, 6.45) is 8.06. The van der Waals surface area contributed by atoms with Crippen LogP contribution in [0.5, 0.6) is 0 Å². The lowest BCUT2D eigenvalue weighted by Gasteiger charge is -2.08. The van der Waals surface area contributed by atoms with Gasteiger partial charge in [-0.25, -0.2) is 4.98 Å². The Morgan fingerprint density at radius 1 is 1.56 bits per heavy atom. The van der Waals surface area contributed by atoms with E-state index in [4.69, 9.17) is 0 Å². The number of carbonyl (C=O) groups is 1. The van der Waals surface area contributed by atoms with Crippen molar-refractivity contribution < 1.29 is 4.79 Å². The smallest absolute Gasteiger partial charge is 0.244 e. The zero-order valence-electron chi connectivity index (χ0n) is 9.40. The second-order valence-corrected chi connectivity index (χ2v) is 5.18. The van der Waals surface area contributed by atoms with Crippen molar-refractivity contribution in [2.45, 2.75) is 38.6 Å². The summed E-state index contributed by atoms with van der Waals surface area (Å²) in [4.78, 5) is 15.8. The molecule has 1 saturated carbocycles. The minimum Gasteiger partial charge on any atom is -0.350 e. The van der Waals surface area contributed by atoms with Gasteiger partial charge in [-0.05, 0) is 25.8 Å². The number of aryl methyl sites for hydroxylation is 1. The number of amides is 1. The first kappa shape index (κ1) is 11.3. The lowest BCUT2D eigenvalue weighted by Crippen LogP contribution is -2.30. The molecule has 1 aliphatic carbocycles. The van der Waals surface area contributed by atoms with Gasteiger partial charge in [0.05, 0.1) is 10.7 Å². The van der Waals surface area contributed by atoms with E-state index in [1.165, 1.54) is 12.8 Å². The van der Waals surface area contributed by atoms with Gasteiger partial charge in [-0.15, -0.1) is 11.3 Å². The molecule has 1 aromatic heterocycles. The van der Waals surface area contributed by atoms with Gasteiger partial charge in [0.25, 0.3) is 0 Å². The SMILES string of the molecule is Cc1nc(/C=C/C(=O)NC2CCCC2)cs1. The lowest BCUT2D eigenvalue weighted by atomic mass is 10.2. The first-order valence-corrected chi connectivity index (χ1v) is 6.53. The van der Waals surface area contributed by atoms with Crippen LogP contribution >= 0.6 is 11.3 Å². The number of carbonyl (C=O) groups excluding carboxylic acids is 1. The van der Waals surface area contributed by atoms with Crippen LogP contribution in [-0.4, -0.2) is 16.9 Å². The summed E-state index contributed by atoms with van der Waals surface area (Å²) >= 11 is 1.59. The highest BCUT2D eigenvalue weighted by atomic mass is 32.1. The Morgan fingerprint density at radius 3 is 2.94 bits per heavy atom. The van der Waals surface area contributed by atoms with Crippen molar-refractivity contribution >= 4 is 23.3 Å². The highest BCUT2D eigenvalue weighted by molar-refractivity contribution is 7.09. The lowest BCUT2D eigenvalue weighted by molar-refractivity contribution is -0.117. The normalized spacial score (nSPS) is 17.1. The van der Waals surface area contributed by atoms with Crippen molar-refractivity contribution in [2.24, 2.45) is 0 Å². The standard InChI is InChI=1S/C12H16N2OS/c1-9-13-11(8-16-9)6-7-12(15)14-10-4-2-3-5-10/h6-8,10H,2-5H2,1H3,(H,14,15)/b7-6+. The summed E-state index contributed by atoms with van der Waals surface area (Å²) in [5.74, 6) is -0.00227. The number of thiazole rings is 1. The third-order valence-electron chi connectivity index (χ3n) is 2.74. The minimum absolute atomic E-state index is 0.00227.